The molecule has 0 saturated carbocycles. The molecule has 1 atom stereocenters. The standard InChI is InChI=1S/C23H25ClF3NO5S2/c1-15(35(32,33)19-5-3-4-17(13-19)23(25,26)27)12-16-8-10-28(11-9-16)22(29)20-7-6-18(24)14-21(20)34(2,30)31/h3-7,13-16H,8-12H2,1-2H3. The molecule has 12 heteroatoms. The van der Waals surface area contributed by atoms with Gasteiger partial charge in [0.2, 0.25) is 0 Å². The van der Waals surface area contributed by atoms with Crippen molar-refractivity contribution in [2.45, 2.75) is 47.4 Å². The zero-order valence-corrected chi connectivity index (χ0v) is 21.4. The van der Waals surface area contributed by atoms with Crippen LogP contribution in [0.2, 0.25) is 5.02 Å². The van der Waals surface area contributed by atoms with Gasteiger partial charge < -0.3 is 4.90 Å². The first-order chi connectivity index (χ1) is 16.1. The number of hydrogen-bond acceptors (Lipinski definition) is 5. The summed E-state index contributed by atoms with van der Waals surface area (Å²) in [5.41, 5.74) is -0.996. The molecule has 0 bridgehead atoms. The molecule has 1 fully saturated rings. The van der Waals surface area contributed by atoms with E-state index in [2.05, 4.69) is 0 Å². The predicted octanol–water partition coefficient (Wildman–Crippen LogP) is 4.87. The zero-order chi connectivity index (χ0) is 26.2. The first kappa shape index (κ1) is 27.5. The largest absolute Gasteiger partial charge is 0.416 e. The predicted molar refractivity (Wildman–Crippen MR) is 126 cm³/mol. The lowest BCUT2D eigenvalue weighted by Crippen LogP contribution is -2.40. The van der Waals surface area contributed by atoms with Crippen molar-refractivity contribution in [1.29, 1.82) is 0 Å². The Kier molecular flexibility index (Phi) is 7.93. The van der Waals surface area contributed by atoms with Crippen molar-refractivity contribution < 1.29 is 34.8 Å². The Bertz CT molecular complexity index is 1320. The molecular weight excluding hydrogens is 527 g/mol. The van der Waals surface area contributed by atoms with Gasteiger partial charge in [0.1, 0.15) is 0 Å². The summed E-state index contributed by atoms with van der Waals surface area (Å²) in [4.78, 5) is 14.0. The van der Waals surface area contributed by atoms with Gasteiger partial charge in [-0.2, -0.15) is 13.2 Å². The maximum atomic E-state index is 13.0. The van der Waals surface area contributed by atoms with Gasteiger partial charge in [-0.25, -0.2) is 16.8 Å². The van der Waals surface area contributed by atoms with Gasteiger partial charge >= 0.3 is 6.18 Å². The fraction of sp³-hybridized carbons (Fsp3) is 0.435. The van der Waals surface area contributed by atoms with Crippen LogP contribution in [0.5, 0.6) is 0 Å². The average molecular weight is 552 g/mol. The summed E-state index contributed by atoms with van der Waals surface area (Å²) in [6, 6.07) is 7.76. The van der Waals surface area contributed by atoms with Crippen LogP contribution in [0.25, 0.3) is 0 Å². The van der Waals surface area contributed by atoms with Crippen LogP contribution >= 0.6 is 11.6 Å². The number of rotatable bonds is 6. The van der Waals surface area contributed by atoms with Crippen molar-refractivity contribution in [2.24, 2.45) is 5.92 Å². The average Bonchev–Trinajstić information content (AvgIpc) is 2.78. The van der Waals surface area contributed by atoms with Crippen molar-refractivity contribution in [1.82, 2.24) is 4.90 Å². The highest BCUT2D eigenvalue weighted by molar-refractivity contribution is 7.92. The molecule has 192 valence electrons. The van der Waals surface area contributed by atoms with Crippen molar-refractivity contribution in [2.75, 3.05) is 19.3 Å². The number of likely N-dealkylation sites (tertiary alicyclic amines) is 1. The molecule has 3 rings (SSSR count). The molecule has 1 heterocycles. The van der Waals surface area contributed by atoms with E-state index in [0.717, 1.165) is 24.5 Å². The van der Waals surface area contributed by atoms with Crippen LogP contribution in [-0.4, -0.2) is 52.2 Å². The fourth-order valence-corrected chi connectivity index (χ4v) is 6.88. The molecule has 2 aromatic carbocycles. The van der Waals surface area contributed by atoms with E-state index < -0.39 is 42.6 Å². The second kappa shape index (κ2) is 10.1. The molecule has 2 aromatic rings. The first-order valence-electron chi connectivity index (χ1n) is 10.8. The summed E-state index contributed by atoms with van der Waals surface area (Å²) in [6.07, 6.45) is -2.45. The minimum absolute atomic E-state index is 0.0239. The molecule has 1 aliphatic heterocycles. The first-order valence-corrected chi connectivity index (χ1v) is 14.6. The fourth-order valence-electron chi connectivity index (χ4n) is 4.20. The highest BCUT2D eigenvalue weighted by atomic mass is 35.5. The zero-order valence-electron chi connectivity index (χ0n) is 19.0. The second-order valence-electron chi connectivity index (χ2n) is 8.77. The number of halogens is 4. The number of piperidine rings is 1. The molecule has 1 amide bonds. The van der Waals surface area contributed by atoms with E-state index in [1.165, 1.54) is 30.0 Å². The lowest BCUT2D eigenvalue weighted by atomic mass is 9.92. The van der Waals surface area contributed by atoms with E-state index >= 15 is 0 Å². The molecule has 0 aromatic heterocycles. The van der Waals surface area contributed by atoms with Gasteiger partial charge in [-0.3, -0.25) is 4.79 Å². The Hall–Kier alpha value is -2.11. The van der Waals surface area contributed by atoms with E-state index in [9.17, 15) is 34.8 Å². The number of carbonyl (C=O) groups is 1. The Balaban J connectivity index is 1.68. The Morgan fingerprint density at radius 1 is 1.09 bits per heavy atom. The van der Waals surface area contributed by atoms with Gasteiger partial charge in [0.25, 0.3) is 5.91 Å². The maximum Gasteiger partial charge on any atom is 0.416 e. The van der Waals surface area contributed by atoms with Crippen LogP contribution in [0.1, 0.15) is 42.1 Å². The molecule has 1 aliphatic rings. The molecule has 6 nitrogen and oxygen atoms in total. The minimum Gasteiger partial charge on any atom is -0.339 e. The van der Waals surface area contributed by atoms with Gasteiger partial charge in [0.15, 0.2) is 19.7 Å². The van der Waals surface area contributed by atoms with Crippen LogP contribution in [0.4, 0.5) is 13.2 Å². The number of alkyl halides is 3. The van der Waals surface area contributed by atoms with E-state index in [4.69, 9.17) is 11.6 Å². The molecule has 0 spiro atoms. The number of nitrogens with zero attached hydrogens (tertiary/aromatic N) is 1. The summed E-state index contributed by atoms with van der Waals surface area (Å²) < 4.78 is 89.0. The van der Waals surface area contributed by atoms with E-state index in [1.54, 1.807) is 0 Å². The van der Waals surface area contributed by atoms with Crippen LogP contribution in [-0.2, 0) is 25.9 Å². The van der Waals surface area contributed by atoms with Crippen molar-refractivity contribution in [3.63, 3.8) is 0 Å². The molecule has 0 radical (unpaired) electrons. The van der Waals surface area contributed by atoms with Crippen molar-refractivity contribution in [3.05, 3.63) is 58.6 Å². The summed E-state index contributed by atoms with van der Waals surface area (Å²) in [5, 5.41) is -0.719. The number of amides is 1. The lowest BCUT2D eigenvalue weighted by molar-refractivity contribution is -0.137. The maximum absolute atomic E-state index is 13.0. The Morgan fingerprint density at radius 2 is 1.71 bits per heavy atom. The van der Waals surface area contributed by atoms with Crippen LogP contribution in [0.15, 0.2) is 52.3 Å². The molecular formula is C23H25ClF3NO5S2. The van der Waals surface area contributed by atoms with Gasteiger partial charge in [0.05, 0.1) is 26.2 Å². The molecule has 35 heavy (non-hydrogen) atoms. The van der Waals surface area contributed by atoms with Gasteiger partial charge in [-0.05, 0) is 68.5 Å². The SMILES string of the molecule is CC(CC1CCN(C(=O)c2ccc(Cl)cc2S(C)(=O)=O)CC1)S(=O)(=O)c1cccc(C(F)(F)F)c1. The molecule has 0 N–H and O–H groups in total. The molecule has 1 saturated heterocycles. The highest BCUT2D eigenvalue weighted by Gasteiger charge is 2.34. The molecule has 1 unspecified atom stereocenters. The van der Waals surface area contributed by atoms with E-state index in [-0.39, 0.29) is 32.7 Å². The second-order valence-corrected chi connectivity index (χ2v) is 13.6. The summed E-state index contributed by atoms with van der Waals surface area (Å²) >= 11 is 5.90. The van der Waals surface area contributed by atoms with Crippen LogP contribution < -0.4 is 0 Å². The number of carbonyl (C=O) groups excluding carboxylic acids is 1. The number of hydrogen-bond donors (Lipinski definition) is 0. The van der Waals surface area contributed by atoms with Crippen molar-refractivity contribution >= 4 is 37.2 Å². The minimum atomic E-state index is -4.64. The third-order valence-electron chi connectivity index (χ3n) is 6.16. The number of benzene rings is 2. The smallest absolute Gasteiger partial charge is 0.339 e. The van der Waals surface area contributed by atoms with Gasteiger partial charge in [0, 0.05) is 24.4 Å². The van der Waals surface area contributed by atoms with E-state index in [1.807, 2.05) is 0 Å². The quantitative estimate of drug-likeness (QED) is 0.511. The third-order valence-corrected chi connectivity index (χ3v) is 9.69. The monoisotopic (exact) mass is 551 g/mol. The highest BCUT2D eigenvalue weighted by Crippen LogP contribution is 2.33. The third kappa shape index (κ3) is 6.37. The Morgan fingerprint density at radius 3 is 2.29 bits per heavy atom. The van der Waals surface area contributed by atoms with Crippen LogP contribution in [0, 0.1) is 5.92 Å². The number of sulfone groups is 2. The topological polar surface area (TPSA) is 88.6 Å². The van der Waals surface area contributed by atoms with Gasteiger partial charge in [-0.1, -0.05) is 17.7 Å². The normalized spacial score (nSPS) is 16.8. The van der Waals surface area contributed by atoms with Crippen molar-refractivity contribution in [3.8, 4) is 0 Å². The summed E-state index contributed by atoms with van der Waals surface area (Å²) in [7, 11) is -7.67. The molecule has 0 aliphatic carbocycles. The lowest BCUT2D eigenvalue weighted by Gasteiger charge is -2.33. The summed E-state index contributed by atoms with van der Waals surface area (Å²) in [5.74, 6) is -0.514. The van der Waals surface area contributed by atoms with Crippen LogP contribution in [0.3, 0.4) is 0 Å². The van der Waals surface area contributed by atoms with E-state index in [0.29, 0.717) is 32.0 Å². The summed E-state index contributed by atoms with van der Waals surface area (Å²) in [6.45, 7) is 2.07. The Labute approximate surface area is 207 Å². The van der Waals surface area contributed by atoms with Gasteiger partial charge in [-0.15, -0.1) is 0 Å².